The number of para-hydroxylation sites is 1. The highest BCUT2D eigenvalue weighted by molar-refractivity contribution is 5.96. The predicted octanol–water partition coefficient (Wildman–Crippen LogP) is 2.77. The van der Waals surface area contributed by atoms with E-state index in [0.29, 0.717) is 11.4 Å². The van der Waals surface area contributed by atoms with Gasteiger partial charge in [0.15, 0.2) is 6.10 Å². The third-order valence-electron chi connectivity index (χ3n) is 2.64. The maximum atomic E-state index is 11.9. The average molecular weight is 273 g/mol. The summed E-state index contributed by atoms with van der Waals surface area (Å²) in [4.78, 5) is 23.6. The van der Waals surface area contributed by atoms with Crippen molar-refractivity contribution >= 4 is 17.6 Å². The summed E-state index contributed by atoms with van der Waals surface area (Å²) in [6.45, 7) is 3.23. The Morgan fingerprint density at radius 3 is 2.45 bits per heavy atom. The Labute approximate surface area is 116 Å². The van der Waals surface area contributed by atoms with Crippen molar-refractivity contribution in [2.75, 3.05) is 5.32 Å². The zero-order valence-corrected chi connectivity index (χ0v) is 11.3. The highest BCUT2D eigenvalue weighted by Crippen LogP contribution is 2.11. The Bertz CT molecular complexity index is 603. The van der Waals surface area contributed by atoms with Gasteiger partial charge in [0.25, 0.3) is 5.91 Å². The Balaban J connectivity index is 1.93. The van der Waals surface area contributed by atoms with Crippen LogP contribution in [0.25, 0.3) is 0 Å². The number of hydrogen-bond donors (Lipinski definition) is 1. The van der Waals surface area contributed by atoms with Crippen LogP contribution in [0.1, 0.15) is 23.2 Å². The van der Waals surface area contributed by atoms with Crippen molar-refractivity contribution in [1.29, 1.82) is 0 Å². The van der Waals surface area contributed by atoms with Gasteiger partial charge in [0.05, 0.1) is 0 Å². The molecule has 0 aliphatic heterocycles. The highest BCUT2D eigenvalue weighted by atomic mass is 16.6. The molecule has 0 aliphatic carbocycles. The first-order chi connectivity index (χ1) is 9.56. The molecule has 2 rings (SSSR count). The maximum Gasteiger partial charge on any atom is 0.375 e. The largest absolute Gasteiger partial charge is 0.454 e. The molecule has 0 aliphatic rings. The fraction of sp³-hybridized carbons (Fsp3) is 0.200. The number of amides is 1. The summed E-state index contributed by atoms with van der Waals surface area (Å²) in [5.74, 6) is -0.359. The molecule has 1 unspecified atom stereocenters. The van der Waals surface area contributed by atoms with Crippen LogP contribution in [-0.4, -0.2) is 18.0 Å². The molecule has 0 radical (unpaired) electrons. The zero-order valence-electron chi connectivity index (χ0n) is 11.3. The zero-order chi connectivity index (χ0) is 14.5. The van der Waals surface area contributed by atoms with Gasteiger partial charge in [0.2, 0.25) is 5.76 Å². The van der Waals surface area contributed by atoms with Crippen molar-refractivity contribution in [2.45, 2.75) is 20.0 Å². The number of anilines is 1. The molecule has 1 atom stereocenters. The lowest BCUT2D eigenvalue weighted by atomic mass is 10.3. The third kappa shape index (κ3) is 3.47. The first-order valence-corrected chi connectivity index (χ1v) is 6.19. The topological polar surface area (TPSA) is 68.5 Å². The van der Waals surface area contributed by atoms with Crippen molar-refractivity contribution in [3.05, 3.63) is 54.0 Å². The van der Waals surface area contributed by atoms with E-state index < -0.39 is 18.0 Å². The number of ether oxygens (including phenoxy) is 1. The molecule has 1 amide bonds. The van der Waals surface area contributed by atoms with E-state index in [1.54, 1.807) is 37.3 Å². The van der Waals surface area contributed by atoms with E-state index in [0.717, 1.165) is 0 Å². The molecule has 0 saturated heterocycles. The number of aryl methyl sites for hydroxylation is 1. The van der Waals surface area contributed by atoms with Gasteiger partial charge < -0.3 is 14.5 Å². The fourth-order valence-electron chi connectivity index (χ4n) is 1.58. The maximum absolute atomic E-state index is 11.9. The van der Waals surface area contributed by atoms with Gasteiger partial charge in [-0.3, -0.25) is 4.79 Å². The van der Waals surface area contributed by atoms with Crippen LogP contribution in [0.2, 0.25) is 0 Å². The van der Waals surface area contributed by atoms with Gasteiger partial charge in [-0.2, -0.15) is 0 Å². The predicted molar refractivity (Wildman–Crippen MR) is 73.4 cm³/mol. The van der Waals surface area contributed by atoms with E-state index in [9.17, 15) is 9.59 Å². The Morgan fingerprint density at radius 2 is 1.85 bits per heavy atom. The molecule has 1 N–H and O–H groups in total. The minimum absolute atomic E-state index is 0.0851. The molecule has 5 heteroatoms. The quantitative estimate of drug-likeness (QED) is 0.870. The molecule has 0 bridgehead atoms. The van der Waals surface area contributed by atoms with Gasteiger partial charge in [-0.05, 0) is 38.1 Å². The van der Waals surface area contributed by atoms with Gasteiger partial charge in [0.1, 0.15) is 5.76 Å². The second-order valence-corrected chi connectivity index (χ2v) is 4.31. The lowest BCUT2D eigenvalue weighted by Gasteiger charge is -2.12. The van der Waals surface area contributed by atoms with E-state index in [2.05, 4.69) is 5.32 Å². The van der Waals surface area contributed by atoms with E-state index in [-0.39, 0.29) is 5.76 Å². The first kappa shape index (κ1) is 13.9. The van der Waals surface area contributed by atoms with Crippen molar-refractivity contribution in [1.82, 2.24) is 0 Å². The van der Waals surface area contributed by atoms with Crippen LogP contribution in [0, 0.1) is 6.92 Å². The van der Waals surface area contributed by atoms with Gasteiger partial charge in [0, 0.05) is 5.69 Å². The molecular formula is C15H15NO4. The number of furan rings is 1. The molecule has 0 saturated carbocycles. The van der Waals surface area contributed by atoms with Gasteiger partial charge >= 0.3 is 5.97 Å². The van der Waals surface area contributed by atoms with Crippen LogP contribution in [0.3, 0.4) is 0 Å². The van der Waals surface area contributed by atoms with E-state index >= 15 is 0 Å². The summed E-state index contributed by atoms with van der Waals surface area (Å²) < 4.78 is 10.2. The van der Waals surface area contributed by atoms with Crippen LogP contribution >= 0.6 is 0 Å². The highest BCUT2D eigenvalue weighted by Gasteiger charge is 2.20. The van der Waals surface area contributed by atoms with Crippen LogP contribution in [0.4, 0.5) is 5.69 Å². The molecule has 2 aromatic rings. The number of carbonyl (C=O) groups is 2. The Morgan fingerprint density at radius 1 is 1.15 bits per heavy atom. The molecule has 5 nitrogen and oxygen atoms in total. The van der Waals surface area contributed by atoms with E-state index in [4.69, 9.17) is 9.15 Å². The molecule has 1 aromatic carbocycles. The lowest BCUT2D eigenvalue weighted by Crippen LogP contribution is -2.29. The lowest BCUT2D eigenvalue weighted by molar-refractivity contribution is -0.123. The first-order valence-electron chi connectivity index (χ1n) is 6.19. The van der Waals surface area contributed by atoms with Crippen LogP contribution in [0.15, 0.2) is 46.9 Å². The number of carbonyl (C=O) groups excluding carboxylic acids is 2. The van der Waals surface area contributed by atoms with Crippen molar-refractivity contribution in [3.8, 4) is 0 Å². The van der Waals surface area contributed by atoms with Gasteiger partial charge in [-0.1, -0.05) is 18.2 Å². The third-order valence-corrected chi connectivity index (χ3v) is 2.64. The normalized spacial score (nSPS) is 11.7. The number of rotatable bonds is 4. The summed E-state index contributed by atoms with van der Waals surface area (Å²) in [5, 5.41) is 2.66. The Hall–Kier alpha value is -2.56. The van der Waals surface area contributed by atoms with Crippen molar-refractivity contribution in [3.63, 3.8) is 0 Å². The van der Waals surface area contributed by atoms with E-state index in [1.807, 2.05) is 6.07 Å². The fourth-order valence-corrected chi connectivity index (χ4v) is 1.58. The second-order valence-electron chi connectivity index (χ2n) is 4.31. The van der Waals surface area contributed by atoms with Crippen molar-refractivity contribution in [2.24, 2.45) is 0 Å². The number of benzene rings is 1. The summed E-state index contributed by atoms with van der Waals surface area (Å²) in [7, 11) is 0. The van der Waals surface area contributed by atoms with Crippen LogP contribution in [-0.2, 0) is 9.53 Å². The summed E-state index contributed by atoms with van der Waals surface area (Å²) >= 11 is 0. The minimum atomic E-state index is -0.909. The monoisotopic (exact) mass is 273 g/mol. The number of nitrogens with one attached hydrogen (secondary N) is 1. The molecule has 0 fully saturated rings. The van der Waals surface area contributed by atoms with Crippen molar-refractivity contribution < 1.29 is 18.7 Å². The van der Waals surface area contributed by atoms with Crippen LogP contribution in [0.5, 0.6) is 0 Å². The summed E-state index contributed by atoms with van der Waals surface area (Å²) in [6, 6.07) is 12.1. The summed E-state index contributed by atoms with van der Waals surface area (Å²) in [5.41, 5.74) is 0.647. The van der Waals surface area contributed by atoms with E-state index in [1.165, 1.54) is 13.0 Å². The number of hydrogen-bond acceptors (Lipinski definition) is 4. The molecule has 1 heterocycles. The Kier molecular flexibility index (Phi) is 4.20. The smallest absolute Gasteiger partial charge is 0.375 e. The molecule has 1 aromatic heterocycles. The molecule has 0 spiro atoms. The minimum Gasteiger partial charge on any atom is -0.454 e. The molecule has 20 heavy (non-hydrogen) atoms. The summed E-state index contributed by atoms with van der Waals surface area (Å²) in [6.07, 6.45) is -0.909. The second kappa shape index (κ2) is 6.06. The van der Waals surface area contributed by atoms with Gasteiger partial charge in [-0.15, -0.1) is 0 Å². The average Bonchev–Trinajstić information content (AvgIpc) is 2.86. The van der Waals surface area contributed by atoms with Gasteiger partial charge in [-0.25, -0.2) is 4.79 Å². The molecular weight excluding hydrogens is 258 g/mol. The SMILES string of the molecule is Cc1ccc(C(=O)OC(C)C(=O)Nc2ccccc2)o1. The molecule has 104 valence electrons. The number of esters is 1. The standard InChI is InChI=1S/C15H15NO4/c1-10-8-9-13(19-10)15(18)20-11(2)14(17)16-12-6-4-3-5-7-12/h3-9,11H,1-2H3,(H,16,17). The van der Waals surface area contributed by atoms with Crippen LogP contribution < -0.4 is 5.32 Å².